The van der Waals surface area contributed by atoms with Crippen LogP contribution in [0.15, 0.2) is 60.4 Å². The van der Waals surface area contributed by atoms with Gasteiger partial charge in [-0.15, -0.1) is 0 Å². The first-order valence-corrected chi connectivity index (χ1v) is 8.97. The van der Waals surface area contributed by atoms with E-state index in [0.717, 1.165) is 31.0 Å². The van der Waals surface area contributed by atoms with Gasteiger partial charge >= 0.3 is 0 Å². The van der Waals surface area contributed by atoms with E-state index in [4.69, 9.17) is 4.74 Å². The molecule has 0 unspecified atom stereocenters. The van der Waals surface area contributed by atoms with E-state index < -0.39 is 0 Å². The maximum absolute atomic E-state index is 5.32. The van der Waals surface area contributed by atoms with Gasteiger partial charge in [0.15, 0.2) is 0 Å². The molecule has 0 fully saturated rings. The van der Waals surface area contributed by atoms with E-state index in [2.05, 4.69) is 51.8 Å². The van der Waals surface area contributed by atoms with Crippen LogP contribution in [-0.4, -0.2) is 21.9 Å². The van der Waals surface area contributed by atoms with Crippen molar-refractivity contribution in [2.45, 2.75) is 25.3 Å². The number of fused-ring (bicyclic) bond motifs is 3. The Bertz CT molecular complexity index is 987. The molecule has 0 spiro atoms. The maximum atomic E-state index is 5.32. The molecule has 2 aliphatic rings. The van der Waals surface area contributed by atoms with Crippen molar-refractivity contribution in [2.75, 3.05) is 12.4 Å². The molecule has 1 aromatic heterocycles. The van der Waals surface area contributed by atoms with E-state index >= 15 is 0 Å². The third-order valence-electron chi connectivity index (χ3n) is 5.32. The van der Waals surface area contributed by atoms with Crippen molar-refractivity contribution in [3.63, 3.8) is 0 Å². The van der Waals surface area contributed by atoms with Crippen molar-refractivity contribution in [1.82, 2.24) is 14.8 Å². The molecular formula is C21H20N4O. The first-order chi connectivity index (χ1) is 12.8. The lowest BCUT2D eigenvalue weighted by Crippen LogP contribution is -2.25. The Morgan fingerprint density at radius 2 is 1.92 bits per heavy atom. The van der Waals surface area contributed by atoms with Crippen LogP contribution in [0.3, 0.4) is 0 Å². The second-order valence-corrected chi connectivity index (χ2v) is 6.74. The fourth-order valence-electron chi connectivity index (χ4n) is 4.09. The summed E-state index contributed by atoms with van der Waals surface area (Å²) in [5, 5.41) is 8.05. The average Bonchev–Trinajstić information content (AvgIpc) is 3.08. The van der Waals surface area contributed by atoms with Crippen LogP contribution in [0.4, 0.5) is 5.95 Å². The molecule has 5 nitrogen and oxygen atoms in total. The Balaban J connectivity index is 1.70. The molecule has 3 aromatic rings. The minimum absolute atomic E-state index is 0.0563. The predicted molar refractivity (Wildman–Crippen MR) is 101 cm³/mol. The first-order valence-electron chi connectivity index (χ1n) is 8.97. The molecule has 0 saturated heterocycles. The first kappa shape index (κ1) is 15.2. The van der Waals surface area contributed by atoms with Gasteiger partial charge in [-0.05, 0) is 48.1 Å². The normalized spacial score (nSPS) is 18.3. The minimum Gasteiger partial charge on any atom is -0.497 e. The van der Waals surface area contributed by atoms with E-state index in [1.54, 1.807) is 13.4 Å². The van der Waals surface area contributed by atoms with Gasteiger partial charge in [0.25, 0.3) is 0 Å². The summed E-state index contributed by atoms with van der Waals surface area (Å²) in [4.78, 5) is 4.44. The smallest absolute Gasteiger partial charge is 0.226 e. The van der Waals surface area contributed by atoms with Gasteiger partial charge in [-0.25, -0.2) is 4.68 Å². The van der Waals surface area contributed by atoms with Gasteiger partial charge in [0.2, 0.25) is 5.95 Å². The monoisotopic (exact) mass is 344 g/mol. The van der Waals surface area contributed by atoms with Crippen molar-refractivity contribution in [2.24, 2.45) is 0 Å². The quantitative estimate of drug-likeness (QED) is 0.762. The number of rotatable bonds is 2. The lowest BCUT2D eigenvalue weighted by Gasteiger charge is -2.30. The third kappa shape index (κ3) is 2.31. The Morgan fingerprint density at radius 3 is 2.77 bits per heavy atom. The van der Waals surface area contributed by atoms with Gasteiger partial charge in [-0.1, -0.05) is 36.4 Å². The molecule has 1 atom stereocenters. The topological polar surface area (TPSA) is 52.0 Å². The highest BCUT2D eigenvalue weighted by atomic mass is 16.5. The number of hydrogen-bond donors (Lipinski definition) is 1. The number of methoxy groups -OCH3 is 1. The van der Waals surface area contributed by atoms with Crippen molar-refractivity contribution in [3.05, 3.63) is 77.1 Å². The molecule has 1 N–H and O–H groups in total. The number of nitrogens with zero attached hydrogens (tertiary/aromatic N) is 3. The minimum atomic E-state index is 0.0563. The zero-order valence-corrected chi connectivity index (χ0v) is 14.6. The molecule has 26 heavy (non-hydrogen) atoms. The number of benzene rings is 2. The number of nitrogens with one attached hydrogen (secondary N) is 1. The summed E-state index contributed by atoms with van der Waals surface area (Å²) in [6.07, 6.45) is 4.88. The van der Waals surface area contributed by atoms with Gasteiger partial charge in [0, 0.05) is 5.56 Å². The number of ether oxygens (including phenoxy) is 1. The van der Waals surface area contributed by atoms with Gasteiger partial charge in [-0.2, -0.15) is 10.1 Å². The van der Waals surface area contributed by atoms with Crippen molar-refractivity contribution >= 4 is 11.6 Å². The zero-order valence-electron chi connectivity index (χ0n) is 14.6. The van der Waals surface area contributed by atoms with Gasteiger partial charge in [-0.3, -0.25) is 0 Å². The summed E-state index contributed by atoms with van der Waals surface area (Å²) in [5.41, 5.74) is 6.45. The Kier molecular flexibility index (Phi) is 3.52. The second kappa shape index (κ2) is 6.02. The van der Waals surface area contributed by atoms with E-state index in [1.165, 1.54) is 28.0 Å². The summed E-state index contributed by atoms with van der Waals surface area (Å²) < 4.78 is 7.32. The van der Waals surface area contributed by atoms with Crippen molar-refractivity contribution < 1.29 is 4.74 Å². The van der Waals surface area contributed by atoms with Crippen LogP contribution in [0.5, 0.6) is 5.75 Å². The van der Waals surface area contributed by atoms with Crippen LogP contribution in [0, 0.1) is 0 Å². The molecule has 1 aliphatic heterocycles. The molecule has 5 heteroatoms. The molecule has 0 radical (unpaired) electrons. The number of aryl methyl sites for hydroxylation is 1. The number of allylic oxidation sites excluding steroid dienone is 1. The van der Waals surface area contributed by atoms with E-state index in [9.17, 15) is 0 Å². The Hall–Kier alpha value is -3.08. The third-order valence-corrected chi connectivity index (χ3v) is 5.32. The molecule has 5 rings (SSSR count). The van der Waals surface area contributed by atoms with Gasteiger partial charge in [0.05, 0.1) is 12.8 Å². The maximum Gasteiger partial charge on any atom is 0.226 e. The second-order valence-electron chi connectivity index (χ2n) is 6.74. The highest BCUT2D eigenvalue weighted by Crippen LogP contribution is 2.43. The highest BCUT2D eigenvalue weighted by molar-refractivity contribution is 5.82. The molecule has 1 aliphatic carbocycles. The molecule has 2 aromatic carbocycles. The van der Waals surface area contributed by atoms with Gasteiger partial charge in [0.1, 0.15) is 18.1 Å². The number of hydrogen-bond acceptors (Lipinski definition) is 4. The number of aromatic nitrogens is 3. The van der Waals surface area contributed by atoms with Crippen LogP contribution >= 0.6 is 0 Å². The van der Waals surface area contributed by atoms with E-state index in [-0.39, 0.29) is 6.04 Å². The molecule has 0 bridgehead atoms. The van der Waals surface area contributed by atoms with E-state index in [0.29, 0.717) is 0 Å². The lowest BCUT2D eigenvalue weighted by atomic mass is 9.91. The Labute approximate surface area is 152 Å². The van der Waals surface area contributed by atoms with Crippen molar-refractivity contribution in [1.29, 1.82) is 0 Å². The summed E-state index contributed by atoms with van der Waals surface area (Å²) >= 11 is 0. The molecule has 0 amide bonds. The highest BCUT2D eigenvalue weighted by Gasteiger charge is 2.32. The fourth-order valence-corrected chi connectivity index (χ4v) is 4.09. The molecule has 2 heterocycles. The lowest BCUT2D eigenvalue weighted by molar-refractivity contribution is 0.414. The van der Waals surface area contributed by atoms with E-state index in [1.807, 2.05) is 16.8 Å². The molecular weight excluding hydrogens is 324 g/mol. The predicted octanol–water partition coefficient (Wildman–Crippen LogP) is 4.05. The summed E-state index contributed by atoms with van der Waals surface area (Å²) in [6.45, 7) is 0. The fraction of sp³-hybridized carbons (Fsp3) is 0.238. The average molecular weight is 344 g/mol. The van der Waals surface area contributed by atoms with Crippen LogP contribution in [0.25, 0.3) is 5.70 Å². The molecule has 0 saturated carbocycles. The zero-order chi connectivity index (χ0) is 17.5. The number of anilines is 1. The van der Waals surface area contributed by atoms with Crippen LogP contribution < -0.4 is 10.1 Å². The summed E-state index contributed by atoms with van der Waals surface area (Å²) in [5.74, 6) is 1.66. The van der Waals surface area contributed by atoms with Crippen LogP contribution in [0.2, 0.25) is 0 Å². The largest absolute Gasteiger partial charge is 0.497 e. The SMILES string of the molecule is COc1ccc([C@H]2C3=C(Nc4ncnn42)c2ccccc2CCC3)cc1. The van der Waals surface area contributed by atoms with Crippen molar-refractivity contribution in [3.8, 4) is 5.75 Å². The van der Waals surface area contributed by atoms with Crippen LogP contribution in [0.1, 0.15) is 35.6 Å². The summed E-state index contributed by atoms with van der Waals surface area (Å²) in [7, 11) is 1.69. The Morgan fingerprint density at radius 1 is 1.08 bits per heavy atom. The van der Waals surface area contributed by atoms with Gasteiger partial charge < -0.3 is 10.1 Å². The van der Waals surface area contributed by atoms with Crippen LogP contribution in [-0.2, 0) is 6.42 Å². The molecule has 130 valence electrons. The standard InChI is InChI=1S/C21H20N4O/c1-26-16-11-9-15(10-12-16)20-18-8-4-6-14-5-2-3-7-17(14)19(18)24-21-22-13-23-25(20)21/h2-3,5,7,9-13,20H,4,6,8H2,1H3,(H,22,23,24)/t20-/m0/s1. The summed E-state index contributed by atoms with van der Waals surface area (Å²) in [6, 6.07) is 17.0.